The van der Waals surface area contributed by atoms with Gasteiger partial charge in [0.2, 0.25) is 5.82 Å². The highest BCUT2D eigenvalue weighted by atomic mass is 16.5. The van der Waals surface area contributed by atoms with Crippen LogP contribution in [0.2, 0.25) is 0 Å². The summed E-state index contributed by atoms with van der Waals surface area (Å²) < 4.78 is 8.83. The Hall–Kier alpha value is -4.01. The topological polar surface area (TPSA) is 108 Å². The van der Waals surface area contributed by atoms with Gasteiger partial charge in [0.25, 0.3) is 5.56 Å². The van der Waals surface area contributed by atoms with Gasteiger partial charge in [-0.05, 0) is 54.5 Å². The highest BCUT2D eigenvalue weighted by molar-refractivity contribution is 5.80. The summed E-state index contributed by atoms with van der Waals surface area (Å²) in [6.07, 6.45) is 5.99. The minimum Gasteiger partial charge on any atom is -0.467 e. The molecule has 3 heterocycles. The molecule has 0 saturated carbocycles. The average Bonchev–Trinajstić information content (AvgIpc) is 3.58. The normalized spacial score (nSPS) is 16.8. The minimum absolute atomic E-state index is 0.0787. The molecule has 0 aliphatic carbocycles. The lowest BCUT2D eigenvalue weighted by atomic mass is 9.96. The maximum atomic E-state index is 13.8. The number of aromatic nitrogens is 6. The summed E-state index contributed by atoms with van der Waals surface area (Å²) in [4.78, 5) is 26.4. The molecule has 5 rings (SSSR count). The average molecular weight is 515 g/mol. The zero-order valence-electron chi connectivity index (χ0n) is 22.2. The summed E-state index contributed by atoms with van der Waals surface area (Å²) >= 11 is 0. The standard InChI is InChI=1S/C29H34N6O3/c1-4-5-6-11-25-24(28(36)35-26(29(37)38-3)17-12-19(2)34(25)35)18-20-13-15-21(16-14-20)22-9-7-8-10-23(22)27-30-32-33-31-27/h7-10,13-16,19,26H,4-6,11-12,17-18H2,1-3H3,(H,30,31,32,33). The number of aromatic amines is 1. The number of benzene rings is 2. The summed E-state index contributed by atoms with van der Waals surface area (Å²) in [7, 11) is 1.39. The Morgan fingerprint density at radius 3 is 2.50 bits per heavy atom. The molecule has 0 saturated heterocycles. The third-order valence-corrected chi connectivity index (χ3v) is 7.54. The zero-order valence-corrected chi connectivity index (χ0v) is 22.2. The van der Waals surface area contributed by atoms with Gasteiger partial charge in [-0.15, -0.1) is 10.2 Å². The van der Waals surface area contributed by atoms with Crippen molar-refractivity contribution in [2.45, 2.75) is 70.9 Å². The maximum Gasteiger partial charge on any atom is 0.330 e. The van der Waals surface area contributed by atoms with Crippen LogP contribution in [-0.4, -0.2) is 43.1 Å². The molecule has 1 N–H and O–H groups in total. The highest BCUT2D eigenvalue weighted by Crippen LogP contribution is 2.33. The Balaban J connectivity index is 1.51. The molecular formula is C29H34N6O3. The van der Waals surface area contributed by atoms with Crippen molar-refractivity contribution in [2.75, 3.05) is 7.11 Å². The van der Waals surface area contributed by atoms with Crippen LogP contribution in [0.25, 0.3) is 22.5 Å². The number of rotatable bonds is 9. The summed E-state index contributed by atoms with van der Waals surface area (Å²) in [5, 5.41) is 14.5. The SMILES string of the molecule is CCCCCc1c(Cc2ccc(-c3ccccc3-c3nn[nH]n3)cc2)c(=O)n2n1C(C)CCC2C(=O)OC. The van der Waals surface area contributed by atoms with Crippen LogP contribution in [-0.2, 0) is 22.4 Å². The van der Waals surface area contributed by atoms with E-state index < -0.39 is 6.04 Å². The van der Waals surface area contributed by atoms with Gasteiger partial charge in [-0.1, -0.05) is 68.3 Å². The molecule has 4 aromatic rings. The van der Waals surface area contributed by atoms with Crippen molar-refractivity contribution in [3.63, 3.8) is 0 Å². The van der Waals surface area contributed by atoms with Gasteiger partial charge in [-0.25, -0.2) is 9.48 Å². The van der Waals surface area contributed by atoms with Crippen LogP contribution in [0.3, 0.4) is 0 Å². The molecule has 9 heteroatoms. The first-order valence-corrected chi connectivity index (χ1v) is 13.4. The van der Waals surface area contributed by atoms with Crippen LogP contribution >= 0.6 is 0 Å². The molecule has 0 bridgehead atoms. The third-order valence-electron chi connectivity index (χ3n) is 7.54. The fraction of sp³-hybridized carbons (Fsp3) is 0.414. The second-order valence-electron chi connectivity index (χ2n) is 10.00. The molecule has 0 amide bonds. The molecule has 0 spiro atoms. The fourth-order valence-electron chi connectivity index (χ4n) is 5.59. The number of esters is 1. The van der Waals surface area contributed by atoms with Crippen LogP contribution in [0.4, 0.5) is 0 Å². The molecule has 2 aromatic heterocycles. The van der Waals surface area contributed by atoms with Crippen LogP contribution < -0.4 is 5.56 Å². The molecule has 38 heavy (non-hydrogen) atoms. The predicted molar refractivity (Wildman–Crippen MR) is 145 cm³/mol. The van der Waals surface area contributed by atoms with Gasteiger partial charge in [0, 0.05) is 29.3 Å². The number of hydrogen-bond acceptors (Lipinski definition) is 6. The number of ether oxygens (including phenoxy) is 1. The zero-order chi connectivity index (χ0) is 26.6. The molecule has 2 atom stereocenters. The Labute approximate surface area is 221 Å². The number of carbonyl (C=O) groups is 1. The van der Waals surface area contributed by atoms with E-state index in [2.05, 4.69) is 63.4 Å². The molecule has 1 aliphatic heterocycles. The largest absolute Gasteiger partial charge is 0.467 e. The monoisotopic (exact) mass is 514 g/mol. The fourth-order valence-corrected chi connectivity index (χ4v) is 5.59. The van der Waals surface area contributed by atoms with Crippen LogP contribution in [0.1, 0.15) is 74.9 Å². The molecule has 0 fully saturated rings. The molecular weight excluding hydrogens is 480 g/mol. The van der Waals surface area contributed by atoms with E-state index in [1.54, 1.807) is 4.68 Å². The number of nitrogens with zero attached hydrogens (tertiary/aromatic N) is 5. The Morgan fingerprint density at radius 1 is 1.05 bits per heavy atom. The van der Waals surface area contributed by atoms with Gasteiger partial charge in [-0.2, -0.15) is 5.21 Å². The summed E-state index contributed by atoms with van der Waals surface area (Å²) in [6, 6.07) is 15.8. The van der Waals surface area contributed by atoms with E-state index >= 15 is 0 Å². The molecule has 2 aromatic carbocycles. The third kappa shape index (κ3) is 4.80. The van der Waals surface area contributed by atoms with Crippen molar-refractivity contribution in [2.24, 2.45) is 0 Å². The van der Waals surface area contributed by atoms with Crippen molar-refractivity contribution in [1.82, 2.24) is 30.0 Å². The molecule has 1 aliphatic rings. The predicted octanol–water partition coefficient (Wildman–Crippen LogP) is 4.89. The minimum atomic E-state index is -0.577. The van der Waals surface area contributed by atoms with Gasteiger partial charge in [-0.3, -0.25) is 9.48 Å². The van der Waals surface area contributed by atoms with Gasteiger partial charge < -0.3 is 4.74 Å². The van der Waals surface area contributed by atoms with E-state index in [0.717, 1.165) is 65.6 Å². The first kappa shape index (κ1) is 25.6. The lowest BCUT2D eigenvalue weighted by Crippen LogP contribution is -2.38. The second kappa shape index (κ2) is 11.2. The smallest absolute Gasteiger partial charge is 0.330 e. The van der Waals surface area contributed by atoms with E-state index in [9.17, 15) is 9.59 Å². The summed E-state index contributed by atoms with van der Waals surface area (Å²) in [6.45, 7) is 4.31. The number of nitrogens with one attached hydrogen (secondary N) is 1. The summed E-state index contributed by atoms with van der Waals surface area (Å²) in [5.41, 5.74) is 5.74. The number of methoxy groups -OCH3 is 1. The highest BCUT2D eigenvalue weighted by Gasteiger charge is 2.35. The number of tetrazole rings is 1. The van der Waals surface area contributed by atoms with E-state index in [4.69, 9.17) is 4.74 Å². The van der Waals surface area contributed by atoms with Crippen LogP contribution in [0, 0.1) is 0 Å². The van der Waals surface area contributed by atoms with Crippen molar-refractivity contribution < 1.29 is 9.53 Å². The summed E-state index contributed by atoms with van der Waals surface area (Å²) in [5.74, 6) is 0.192. The van der Waals surface area contributed by atoms with Gasteiger partial charge >= 0.3 is 5.97 Å². The van der Waals surface area contributed by atoms with Crippen molar-refractivity contribution in [1.29, 1.82) is 0 Å². The van der Waals surface area contributed by atoms with Crippen LogP contribution in [0.5, 0.6) is 0 Å². The Kier molecular flexibility index (Phi) is 7.53. The van der Waals surface area contributed by atoms with E-state index in [-0.39, 0.29) is 17.6 Å². The molecule has 2 unspecified atom stereocenters. The number of H-pyrrole nitrogens is 1. The lowest BCUT2D eigenvalue weighted by Gasteiger charge is -2.31. The van der Waals surface area contributed by atoms with Crippen molar-refractivity contribution in [3.05, 3.63) is 75.7 Å². The van der Waals surface area contributed by atoms with Crippen molar-refractivity contribution >= 4 is 5.97 Å². The number of fused-ring (bicyclic) bond motifs is 1. The molecule has 198 valence electrons. The number of hydrogen-bond donors (Lipinski definition) is 1. The van der Waals surface area contributed by atoms with Gasteiger partial charge in [0.1, 0.15) is 0 Å². The number of carbonyl (C=O) groups excluding carboxylic acids is 1. The molecule has 9 nitrogen and oxygen atoms in total. The number of unbranched alkanes of at least 4 members (excludes halogenated alkanes) is 2. The van der Waals surface area contributed by atoms with Crippen LogP contribution in [0.15, 0.2) is 53.3 Å². The van der Waals surface area contributed by atoms with Gasteiger partial charge in [0.05, 0.1) is 7.11 Å². The maximum absolute atomic E-state index is 13.8. The lowest BCUT2D eigenvalue weighted by molar-refractivity contribution is -0.146. The Bertz CT molecular complexity index is 1450. The second-order valence-corrected chi connectivity index (χ2v) is 10.00. The quantitative estimate of drug-likeness (QED) is 0.252. The first-order chi connectivity index (χ1) is 18.5. The van der Waals surface area contributed by atoms with E-state index in [1.807, 2.05) is 24.3 Å². The van der Waals surface area contributed by atoms with E-state index in [0.29, 0.717) is 18.7 Å². The first-order valence-electron chi connectivity index (χ1n) is 13.4. The molecule has 0 radical (unpaired) electrons. The van der Waals surface area contributed by atoms with Crippen molar-refractivity contribution in [3.8, 4) is 22.5 Å². The van der Waals surface area contributed by atoms with Gasteiger partial charge in [0.15, 0.2) is 6.04 Å². The Morgan fingerprint density at radius 2 is 1.82 bits per heavy atom. The van der Waals surface area contributed by atoms with E-state index in [1.165, 1.54) is 7.11 Å².